The van der Waals surface area contributed by atoms with E-state index in [0.717, 1.165) is 0 Å². The highest BCUT2D eigenvalue weighted by Gasteiger charge is 2.14. The van der Waals surface area contributed by atoms with Crippen LogP contribution < -0.4 is 14.8 Å². The van der Waals surface area contributed by atoms with E-state index in [4.69, 9.17) is 32.7 Å². The van der Waals surface area contributed by atoms with Crippen LogP contribution in [0.5, 0.6) is 11.5 Å². The third-order valence-electron chi connectivity index (χ3n) is 2.14. The van der Waals surface area contributed by atoms with Crippen molar-refractivity contribution in [2.45, 2.75) is 0 Å². The van der Waals surface area contributed by atoms with E-state index < -0.39 is 0 Å². The summed E-state index contributed by atoms with van der Waals surface area (Å²) in [4.78, 5) is 11.8. The fraction of sp³-hybridized carbons (Fsp3) is 0.250. The lowest BCUT2D eigenvalue weighted by Crippen LogP contribution is -2.24. The molecule has 0 aromatic heterocycles. The Morgan fingerprint density at radius 2 is 2.06 bits per heavy atom. The van der Waals surface area contributed by atoms with E-state index in [1.165, 1.54) is 26.4 Å². The molecular weight excluding hydrogens is 277 g/mol. The Labute approximate surface area is 115 Å². The number of nitrogens with one attached hydrogen (secondary N) is 1. The van der Waals surface area contributed by atoms with Gasteiger partial charge in [-0.15, -0.1) is 0 Å². The van der Waals surface area contributed by atoms with Crippen LogP contribution in [0.25, 0.3) is 0 Å². The van der Waals surface area contributed by atoms with Crippen LogP contribution in [0.3, 0.4) is 0 Å². The molecule has 0 unspecified atom stereocenters. The zero-order chi connectivity index (χ0) is 13.7. The second-order valence-electron chi connectivity index (χ2n) is 3.39. The van der Waals surface area contributed by atoms with Crippen molar-refractivity contribution in [3.05, 3.63) is 34.3 Å². The Hall–Kier alpha value is -1.39. The van der Waals surface area contributed by atoms with Crippen LogP contribution in [0.1, 0.15) is 10.4 Å². The largest absolute Gasteiger partial charge is 0.493 e. The number of hydrogen-bond acceptors (Lipinski definition) is 3. The normalized spacial score (nSPS) is 9.78. The van der Waals surface area contributed by atoms with E-state index in [-0.39, 0.29) is 12.5 Å². The van der Waals surface area contributed by atoms with E-state index in [0.29, 0.717) is 27.1 Å². The highest BCUT2D eigenvalue weighted by molar-refractivity contribution is 6.32. The first kappa shape index (κ1) is 14.7. The van der Waals surface area contributed by atoms with E-state index in [1.807, 2.05) is 0 Å². The molecule has 1 aromatic rings. The first-order valence-electron chi connectivity index (χ1n) is 5.02. The van der Waals surface area contributed by atoms with Crippen LogP contribution in [0.2, 0.25) is 5.02 Å². The van der Waals surface area contributed by atoms with Gasteiger partial charge in [0.05, 0.1) is 25.8 Å². The molecule has 1 N–H and O–H groups in total. The average molecular weight is 290 g/mol. The van der Waals surface area contributed by atoms with Gasteiger partial charge >= 0.3 is 0 Å². The fourth-order valence-corrected chi connectivity index (χ4v) is 1.68. The van der Waals surface area contributed by atoms with Gasteiger partial charge in [-0.1, -0.05) is 29.8 Å². The third kappa shape index (κ3) is 3.55. The number of methoxy groups -OCH3 is 2. The molecule has 1 amide bonds. The molecule has 0 aliphatic rings. The molecule has 6 heteroatoms. The first-order chi connectivity index (χ1) is 8.49. The van der Waals surface area contributed by atoms with E-state index in [9.17, 15) is 4.79 Å². The van der Waals surface area contributed by atoms with Crippen molar-refractivity contribution in [1.82, 2.24) is 5.32 Å². The van der Waals surface area contributed by atoms with Crippen LogP contribution >= 0.6 is 23.2 Å². The fourth-order valence-electron chi connectivity index (χ4n) is 1.33. The van der Waals surface area contributed by atoms with Crippen molar-refractivity contribution >= 4 is 29.1 Å². The van der Waals surface area contributed by atoms with Crippen molar-refractivity contribution in [2.24, 2.45) is 0 Å². The van der Waals surface area contributed by atoms with Crippen LogP contribution in [-0.4, -0.2) is 26.7 Å². The van der Waals surface area contributed by atoms with Crippen molar-refractivity contribution in [3.63, 3.8) is 0 Å². The van der Waals surface area contributed by atoms with E-state index in [1.54, 1.807) is 0 Å². The number of rotatable bonds is 5. The first-order valence-corrected chi connectivity index (χ1v) is 5.78. The van der Waals surface area contributed by atoms with Crippen molar-refractivity contribution in [3.8, 4) is 11.5 Å². The summed E-state index contributed by atoms with van der Waals surface area (Å²) < 4.78 is 10.2. The molecule has 18 heavy (non-hydrogen) atoms. The summed E-state index contributed by atoms with van der Waals surface area (Å²) in [5.74, 6) is 0.456. The maximum Gasteiger partial charge on any atom is 0.251 e. The minimum Gasteiger partial charge on any atom is -0.493 e. The maximum atomic E-state index is 11.8. The molecule has 4 nitrogen and oxygen atoms in total. The lowest BCUT2D eigenvalue weighted by atomic mass is 10.2. The van der Waals surface area contributed by atoms with Gasteiger partial charge in [0.1, 0.15) is 0 Å². The number of ether oxygens (including phenoxy) is 2. The average Bonchev–Trinajstić information content (AvgIpc) is 2.34. The van der Waals surface area contributed by atoms with Gasteiger partial charge in [0.25, 0.3) is 5.91 Å². The number of amides is 1. The summed E-state index contributed by atoms with van der Waals surface area (Å²) in [5, 5.41) is 3.23. The maximum absolute atomic E-state index is 11.8. The van der Waals surface area contributed by atoms with E-state index in [2.05, 4.69) is 11.9 Å². The van der Waals surface area contributed by atoms with Gasteiger partial charge in [0.15, 0.2) is 11.5 Å². The van der Waals surface area contributed by atoms with Gasteiger partial charge in [-0.05, 0) is 12.1 Å². The summed E-state index contributed by atoms with van der Waals surface area (Å²) in [6.07, 6.45) is 0. The Balaban J connectivity index is 3.00. The molecule has 1 rings (SSSR count). The molecule has 0 atom stereocenters. The second kappa shape index (κ2) is 6.52. The summed E-state index contributed by atoms with van der Waals surface area (Å²) >= 11 is 11.6. The Morgan fingerprint density at radius 1 is 1.39 bits per heavy atom. The van der Waals surface area contributed by atoms with Gasteiger partial charge in [-0.25, -0.2) is 0 Å². The minimum atomic E-state index is -0.320. The lowest BCUT2D eigenvalue weighted by Gasteiger charge is -2.11. The number of benzene rings is 1. The summed E-state index contributed by atoms with van der Waals surface area (Å²) in [7, 11) is 2.94. The second-order valence-corrected chi connectivity index (χ2v) is 4.34. The molecule has 0 heterocycles. The lowest BCUT2D eigenvalue weighted by molar-refractivity contribution is 0.0957. The quantitative estimate of drug-likeness (QED) is 0.907. The molecule has 0 bridgehead atoms. The predicted octanol–water partition coefficient (Wildman–Crippen LogP) is 2.84. The van der Waals surface area contributed by atoms with Gasteiger partial charge < -0.3 is 14.8 Å². The van der Waals surface area contributed by atoms with Crippen molar-refractivity contribution < 1.29 is 14.3 Å². The number of halogens is 2. The summed E-state index contributed by atoms with van der Waals surface area (Å²) in [6.45, 7) is 3.67. The number of carbonyl (C=O) groups excluding carboxylic acids is 1. The van der Waals surface area contributed by atoms with Gasteiger partial charge in [-0.3, -0.25) is 4.79 Å². The predicted molar refractivity (Wildman–Crippen MR) is 71.9 cm³/mol. The number of carbonyl (C=O) groups is 1. The Kier molecular flexibility index (Phi) is 5.31. The molecule has 1 aromatic carbocycles. The molecule has 0 saturated heterocycles. The molecular formula is C12H13Cl2NO3. The smallest absolute Gasteiger partial charge is 0.251 e. The monoisotopic (exact) mass is 289 g/mol. The molecule has 98 valence electrons. The summed E-state index contributed by atoms with van der Waals surface area (Å²) in [6, 6.07) is 3.03. The zero-order valence-corrected chi connectivity index (χ0v) is 11.6. The van der Waals surface area contributed by atoms with Gasteiger partial charge in [-0.2, -0.15) is 0 Å². The topological polar surface area (TPSA) is 47.6 Å². The SMILES string of the molecule is C=C(Cl)CNC(=O)c1cc(Cl)c(OC)c(OC)c1. The Morgan fingerprint density at radius 3 is 2.56 bits per heavy atom. The van der Waals surface area contributed by atoms with E-state index >= 15 is 0 Å². The highest BCUT2D eigenvalue weighted by Crippen LogP contribution is 2.35. The van der Waals surface area contributed by atoms with Gasteiger partial charge in [0, 0.05) is 10.6 Å². The molecule has 0 saturated carbocycles. The Bertz CT molecular complexity index is 475. The van der Waals surface area contributed by atoms with Crippen molar-refractivity contribution in [2.75, 3.05) is 20.8 Å². The standard InChI is InChI=1S/C12H13Cl2NO3/c1-7(13)6-15-12(16)8-4-9(14)11(18-3)10(5-8)17-2/h4-5H,1,6H2,2-3H3,(H,15,16). The zero-order valence-electron chi connectivity index (χ0n) is 10.0. The number of hydrogen-bond donors (Lipinski definition) is 1. The molecule has 0 fully saturated rings. The molecule has 0 radical (unpaired) electrons. The van der Waals surface area contributed by atoms with Crippen molar-refractivity contribution in [1.29, 1.82) is 0 Å². The van der Waals surface area contributed by atoms with Crippen LogP contribution in [0.4, 0.5) is 0 Å². The van der Waals surface area contributed by atoms with Gasteiger partial charge in [0.2, 0.25) is 0 Å². The molecule has 0 aliphatic heterocycles. The van der Waals surface area contributed by atoms with Crippen LogP contribution in [0.15, 0.2) is 23.7 Å². The highest BCUT2D eigenvalue weighted by atomic mass is 35.5. The third-order valence-corrected chi connectivity index (χ3v) is 2.55. The molecule has 0 spiro atoms. The van der Waals surface area contributed by atoms with Crippen LogP contribution in [0, 0.1) is 0 Å². The summed E-state index contributed by atoms with van der Waals surface area (Å²) in [5.41, 5.74) is 0.357. The van der Waals surface area contributed by atoms with Crippen LogP contribution in [-0.2, 0) is 0 Å². The molecule has 0 aliphatic carbocycles. The minimum absolute atomic E-state index is 0.187.